The highest BCUT2D eigenvalue weighted by molar-refractivity contribution is 6.31. The average Bonchev–Trinajstić information content (AvgIpc) is 2.62. The Bertz CT molecular complexity index is 858. The number of likely N-dealkylation sites (tertiary alicyclic amines) is 1. The highest BCUT2D eigenvalue weighted by Crippen LogP contribution is 2.36. The second-order valence-electron chi connectivity index (χ2n) is 6.89. The Kier molecular flexibility index (Phi) is 6.53. The summed E-state index contributed by atoms with van der Waals surface area (Å²) in [5.41, 5.74) is 0.188. The lowest BCUT2D eigenvalue weighted by Gasteiger charge is -2.32. The summed E-state index contributed by atoms with van der Waals surface area (Å²) < 4.78 is 39.0. The molecule has 1 N–H and O–H groups in total. The predicted octanol–water partition coefficient (Wildman–Crippen LogP) is 5.86. The minimum atomic E-state index is -4.57. The van der Waals surface area contributed by atoms with Crippen molar-refractivity contribution in [3.05, 3.63) is 63.6 Å². The molecule has 0 bridgehead atoms. The van der Waals surface area contributed by atoms with E-state index in [1.165, 1.54) is 6.07 Å². The van der Waals surface area contributed by atoms with Crippen LogP contribution in [-0.4, -0.2) is 23.9 Å². The second-order valence-corrected chi connectivity index (χ2v) is 7.73. The Morgan fingerprint density at radius 2 is 1.96 bits per heavy atom. The van der Waals surface area contributed by atoms with Crippen LogP contribution in [0.2, 0.25) is 10.0 Å². The second kappa shape index (κ2) is 8.72. The van der Waals surface area contributed by atoms with Crippen molar-refractivity contribution in [2.45, 2.75) is 25.6 Å². The van der Waals surface area contributed by atoms with Gasteiger partial charge in [0.15, 0.2) is 0 Å². The number of carbonyl (C=O) groups is 1. The van der Waals surface area contributed by atoms with E-state index in [2.05, 4.69) is 10.2 Å². The number of alkyl halides is 3. The molecule has 2 aromatic carbocycles. The van der Waals surface area contributed by atoms with Crippen molar-refractivity contribution in [2.75, 3.05) is 18.4 Å². The van der Waals surface area contributed by atoms with Crippen LogP contribution in [0.1, 0.15) is 24.0 Å². The highest BCUT2D eigenvalue weighted by atomic mass is 35.5. The van der Waals surface area contributed by atoms with Crippen LogP contribution in [0, 0.1) is 5.92 Å². The van der Waals surface area contributed by atoms with Crippen molar-refractivity contribution in [1.29, 1.82) is 0 Å². The standard InChI is InChI=1S/C20H19Cl2F3N2O/c21-15-5-1-3-13(9-15)11-27-8-2-4-14(12-27)19(28)26-16-6-7-18(22)17(10-16)20(23,24)25/h1,3,5-7,9-10,14H,2,4,8,11-12H2,(H,26,28). The maximum atomic E-state index is 13.0. The Balaban J connectivity index is 1.64. The van der Waals surface area contributed by atoms with Gasteiger partial charge in [0.2, 0.25) is 5.91 Å². The molecule has 8 heteroatoms. The molecule has 1 heterocycles. The molecule has 1 unspecified atom stereocenters. The van der Waals surface area contributed by atoms with Gasteiger partial charge in [-0.25, -0.2) is 0 Å². The van der Waals surface area contributed by atoms with Crippen LogP contribution in [0.5, 0.6) is 0 Å². The molecule has 1 saturated heterocycles. The van der Waals surface area contributed by atoms with Gasteiger partial charge in [-0.3, -0.25) is 9.69 Å². The lowest BCUT2D eigenvalue weighted by molar-refractivity contribution is -0.137. The minimum Gasteiger partial charge on any atom is -0.326 e. The van der Waals surface area contributed by atoms with Gasteiger partial charge in [-0.15, -0.1) is 0 Å². The van der Waals surface area contributed by atoms with Crippen LogP contribution in [-0.2, 0) is 17.5 Å². The SMILES string of the molecule is O=C(Nc1ccc(Cl)c(C(F)(F)F)c1)C1CCCN(Cc2cccc(Cl)c2)C1. The summed E-state index contributed by atoms with van der Waals surface area (Å²) in [6.07, 6.45) is -3.04. The van der Waals surface area contributed by atoms with Gasteiger partial charge in [-0.2, -0.15) is 13.2 Å². The Hall–Kier alpha value is -1.76. The minimum absolute atomic E-state index is 0.0914. The lowest BCUT2D eigenvalue weighted by Crippen LogP contribution is -2.40. The Morgan fingerprint density at radius 1 is 1.18 bits per heavy atom. The van der Waals surface area contributed by atoms with E-state index in [4.69, 9.17) is 23.2 Å². The van der Waals surface area contributed by atoms with Crippen LogP contribution in [0.15, 0.2) is 42.5 Å². The van der Waals surface area contributed by atoms with Gasteiger partial charge < -0.3 is 5.32 Å². The molecule has 2 aromatic rings. The van der Waals surface area contributed by atoms with E-state index < -0.39 is 16.8 Å². The zero-order valence-electron chi connectivity index (χ0n) is 14.9. The van der Waals surface area contributed by atoms with Crippen LogP contribution in [0.25, 0.3) is 0 Å². The summed E-state index contributed by atoms with van der Waals surface area (Å²) >= 11 is 11.6. The zero-order chi connectivity index (χ0) is 20.3. The Morgan fingerprint density at radius 3 is 2.68 bits per heavy atom. The molecule has 1 fully saturated rings. The number of anilines is 1. The van der Waals surface area contributed by atoms with E-state index in [1.807, 2.05) is 18.2 Å². The first-order chi connectivity index (χ1) is 13.2. The molecule has 1 aliphatic heterocycles. The summed E-state index contributed by atoms with van der Waals surface area (Å²) in [7, 11) is 0. The fourth-order valence-electron chi connectivity index (χ4n) is 3.37. The molecular weight excluding hydrogens is 412 g/mol. The number of nitrogens with zero attached hydrogens (tertiary/aromatic N) is 1. The van der Waals surface area contributed by atoms with Gasteiger partial charge in [0.25, 0.3) is 0 Å². The topological polar surface area (TPSA) is 32.3 Å². The average molecular weight is 431 g/mol. The fourth-order valence-corrected chi connectivity index (χ4v) is 3.81. The number of benzene rings is 2. The molecule has 3 rings (SSSR count). The summed E-state index contributed by atoms with van der Waals surface area (Å²) in [5.74, 6) is -0.579. The molecule has 28 heavy (non-hydrogen) atoms. The molecule has 0 aromatic heterocycles. The summed E-state index contributed by atoms with van der Waals surface area (Å²) in [6.45, 7) is 2.07. The van der Waals surface area contributed by atoms with E-state index in [1.54, 1.807) is 6.07 Å². The fraction of sp³-hybridized carbons (Fsp3) is 0.350. The van der Waals surface area contributed by atoms with Crippen LogP contribution in [0.4, 0.5) is 18.9 Å². The number of carbonyl (C=O) groups excluding carboxylic acids is 1. The largest absolute Gasteiger partial charge is 0.417 e. The normalized spacial score (nSPS) is 18.1. The molecule has 0 aliphatic carbocycles. The van der Waals surface area contributed by atoms with Gasteiger partial charge in [0.05, 0.1) is 16.5 Å². The maximum absolute atomic E-state index is 13.0. The number of hydrogen-bond donors (Lipinski definition) is 1. The number of amides is 1. The lowest BCUT2D eigenvalue weighted by atomic mass is 9.96. The number of hydrogen-bond acceptors (Lipinski definition) is 2. The van der Waals surface area contributed by atoms with Gasteiger partial charge in [-0.05, 0) is 55.3 Å². The van der Waals surface area contributed by atoms with Crippen molar-refractivity contribution in [1.82, 2.24) is 4.90 Å². The summed E-state index contributed by atoms with van der Waals surface area (Å²) in [4.78, 5) is 14.7. The third kappa shape index (κ3) is 5.40. The first kappa shape index (κ1) is 21.0. The van der Waals surface area contributed by atoms with Crippen molar-refractivity contribution >= 4 is 34.8 Å². The molecule has 1 atom stereocenters. The third-order valence-electron chi connectivity index (χ3n) is 4.71. The van der Waals surface area contributed by atoms with Crippen LogP contribution in [0.3, 0.4) is 0 Å². The number of rotatable bonds is 4. The smallest absolute Gasteiger partial charge is 0.326 e. The van der Waals surface area contributed by atoms with Crippen molar-refractivity contribution in [3.63, 3.8) is 0 Å². The van der Waals surface area contributed by atoms with E-state index in [-0.39, 0.29) is 17.5 Å². The first-order valence-corrected chi connectivity index (χ1v) is 9.62. The van der Waals surface area contributed by atoms with Crippen molar-refractivity contribution < 1.29 is 18.0 Å². The molecule has 0 radical (unpaired) electrons. The highest BCUT2D eigenvalue weighted by Gasteiger charge is 2.34. The van der Waals surface area contributed by atoms with Crippen molar-refractivity contribution in [3.8, 4) is 0 Å². The number of piperidine rings is 1. The molecule has 150 valence electrons. The van der Waals surface area contributed by atoms with Crippen LogP contribution < -0.4 is 5.32 Å². The summed E-state index contributed by atoms with van der Waals surface area (Å²) in [5, 5.41) is 2.87. The number of halogens is 5. The predicted molar refractivity (Wildman–Crippen MR) is 105 cm³/mol. The maximum Gasteiger partial charge on any atom is 0.417 e. The van der Waals surface area contributed by atoms with Gasteiger partial charge in [-0.1, -0.05) is 35.3 Å². The molecule has 0 spiro atoms. The monoisotopic (exact) mass is 430 g/mol. The van der Waals surface area contributed by atoms with E-state index >= 15 is 0 Å². The van der Waals surface area contributed by atoms with Crippen LogP contribution >= 0.6 is 23.2 Å². The third-order valence-corrected chi connectivity index (χ3v) is 5.28. The molecule has 3 nitrogen and oxygen atoms in total. The van der Waals surface area contributed by atoms with E-state index in [9.17, 15) is 18.0 Å². The Labute approximate surface area is 171 Å². The number of nitrogens with one attached hydrogen (secondary N) is 1. The molecule has 1 amide bonds. The van der Waals surface area contributed by atoms with Gasteiger partial charge in [0, 0.05) is 23.8 Å². The first-order valence-electron chi connectivity index (χ1n) is 8.87. The molecular formula is C20H19Cl2F3N2O. The summed E-state index contributed by atoms with van der Waals surface area (Å²) in [6, 6.07) is 10.9. The van der Waals surface area contributed by atoms with E-state index in [0.29, 0.717) is 24.5 Å². The quantitative estimate of drug-likeness (QED) is 0.658. The van der Waals surface area contributed by atoms with Crippen molar-refractivity contribution in [2.24, 2.45) is 5.92 Å². The zero-order valence-corrected chi connectivity index (χ0v) is 16.4. The molecule has 1 aliphatic rings. The van der Waals surface area contributed by atoms with Gasteiger partial charge in [0.1, 0.15) is 0 Å². The van der Waals surface area contributed by atoms with E-state index in [0.717, 1.165) is 30.7 Å². The van der Waals surface area contributed by atoms with Gasteiger partial charge >= 0.3 is 6.18 Å². The molecule has 0 saturated carbocycles.